The molecule has 2 aromatic rings. The zero-order valence-electron chi connectivity index (χ0n) is 15.0. The van der Waals surface area contributed by atoms with Crippen LogP contribution in [0.15, 0.2) is 23.4 Å². The summed E-state index contributed by atoms with van der Waals surface area (Å²) in [6, 6.07) is 6.01. The van der Waals surface area contributed by atoms with E-state index in [9.17, 15) is 4.79 Å². The summed E-state index contributed by atoms with van der Waals surface area (Å²) in [5, 5.41) is 15.4. The number of nitrogens with zero attached hydrogens (tertiary/aromatic N) is 4. The van der Waals surface area contributed by atoms with E-state index in [1.807, 2.05) is 19.1 Å². The summed E-state index contributed by atoms with van der Waals surface area (Å²) in [6.45, 7) is 11.3. The lowest BCUT2D eigenvalue weighted by Crippen LogP contribution is -2.28. The highest BCUT2D eigenvalue weighted by molar-refractivity contribution is 7.99. The van der Waals surface area contributed by atoms with Crippen molar-refractivity contribution in [2.24, 2.45) is 5.41 Å². The first-order valence-corrected chi connectivity index (χ1v) is 9.01. The van der Waals surface area contributed by atoms with Gasteiger partial charge in [-0.15, -0.1) is 5.10 Å². The number of aromatic nitrogens is 4. The third kappa shape index (κ3) is 5.06. The van der Waals surface area contributed by atoms with Crippen molar-refractivity contribution in [2.45, 2.75) is 46.2 Å². The van der Waals surface area contributed by atoms with Crippen LogP contribution in [-0.2, 0) is 4.79 Å². The van der Waals surface area contributed by atoms with E-state index in [1.165, 1.54) is 17.3 Å². The normalized spacial score (nSPS) is 11.5. The second-order valence-corrected chi connectivity index (χ2v) is 7.98. The van der Waals surface area contributed by atoms with Gasteiger partial charge >= 0.3 is 0 Å². The average molecular weight is 347 g/mol. The van der Waals surface area contributed by atoms with Gasteiger partial charge in [0.25, 0.3) is 0 Å². The molecule has 1 aromatic heterocycles. The van der Waals surface area contributed by atoms with E-state index >= 15 is 0 Å². The first-order valence-electron chi connectivity index (χ1n) is 8.02. The summed E-state index contributed by atoms with van der Waals surface area (Å²) in [7, 11) is 0. The fourth-order valence-corrected chi connectivity index (χ4v) is 2.86. The van der Waals surface area contributed by atoms with E-state index < -0.39 is 0 Å². The molecule has 1 amide bonds. The molecule has 0 aliphatic rings. The minimum atomic E-state index is -0.000218. The largest absolute Gasteiger partial charge is 0.355 e. The summed E-state index contributed by atoms with van der Waals surface area (Å²) < 4.78 is 1.69. The molecule has 1 heterocycles. The quantitative estimate of drug-likeness (QED) is 0.814. The van der Waals surface area contributed by atoms with Crippen LogP contribution in [0.4, 0.5) is 0 Å². The van der Waals surface area contributed by atoms with Crippen molar-refractivity contribution in [3.63, 3.8) is 0 Å². The Morgan fingerprint density at radius 3 is 2.75 bits per heavy atom. The van der Waals surface area contributed by atoms with Crippen molar-refractivity contribution in [1.29, 1.82) is 0 Å². The lowest BCUT2D eigenvalue weighted by molar-refractivity contribution is -0.118. The minimum Gasteiger partial charge on any atom is -0.355 e. The number of hydrogen-bond acceptors (Lipinski definition) is 5. The summed E-state index contributed by atoms with van der Waals surface area (Å²) in [5.41, 5.74) is 3.46. The number of amides is 1. The molecule has 0 saturated carbocycles. The molecule has 7 heteroatoms. The number of thioether (sulfide) groups is 1. The van der Waals surface area contributed by atoms with E-state index in [2.05, 4.69) is 54.6 Å². The van der Waals surface area contributed by atoms with Gasteiger partial charge in [0.05, 0.1) is 11.4 Å². The predicted octanol–water partition coefficient (Wildman–Crippen LogP) is 2.92. The Hall–Kier alpha value is -1.89. The molecule has 0 radical (unpaired) electrons. The van der Waals surface area contributed by atoms with Crippen LogP contribution in [0.1, 0.15) is 38.3 Å². The Morgan fingerprint density at radius 2 is 2.04 bits per heavy atom. The van der Waals surface area contributed by atoms with E-state index in [-0.39, 0.29) is 11.3 Å². The van der Waals surface area contributed by atoms with Crippen LogP contribution in [0.2, 0.25) is 0 Å². The van der Waals surface area contributed by atoms with Crippen LogP contribution < -0.4 is 5.32 Å². The highest BCUT2D eigenvalue weighted by Crippen LogP contribution is 2.22. The first kappa shape index (κ1) is 18.4. The van der Waals surface area contributed by atoms with Crippen LogP contribution in [0, 0.1) is 19.3 Å². The highest BCUT2D eigenvalue weighted by atomic mass is 32.2. The lowest BCUT2D eigenvalue weighted by atomic mass is 9.92. The second-order valence-electron chi connectivity index (χ2n) is 7.04. The zero-order chi connectivity index (χ0) is 17.7. The van der Waals surface area contributed by atoms with Gasteiger partial charge in [0.2, 0.25) is 11.1 Å². The molecule has 0 fully saturated rings. The van der Waals surface area contributed by atoms with E-state index in [0.717, 1.165) is 17.7 Å². The number of nitrogens with one attached hydrogen (secondary N) is 1. The van der Waals surface area contributed by atoms with Crippen molar-refractivity contribution in [2.75, 3.05) is 12.3 Å². The number of benzene rings is 1. The number of carbonyl (C=O) groups excluding carboxylic acids is 1. The van der Waals surface area contributed by atoms with Gasteiger partial charge in [-0.2, -0.15) is 4.68 Å². The molecule has 0 bridgehead atoms. The Kier molecular flexibility index (Phi) is 5.99. The van der Waals surface area contributed by atoms with Crippen molar-refractivity contribution >= 4 is 17.7 Å². The average Bonchev–Trinajstić information content (AvgIpc) is 2.95. The Bertz CT molecular complexity index is 705. The van der Waals surface area contributed by atoms with Crippen molar-refractivity contribution in [3.05, 3.63) is 29.3 Å². The third-order valence-electron chi connectivity index (χ3n) is 3.77. The first-order chi connectivity index (χ1) is 11.3. The molecule has 6 nitrogen and oxygen atoms in total. The van der Waals surface area contributed by atoms with Crippen LogP contribution in [-0.4, -0.2) is 38.4 Å². The monoisotopic (exact) mass is 347 g/mol. The van der Waals surface area contributed by atoms with Gasteiger partial charge in [0.1, 0.15) is 0 Å². The zero-order valence-corrected chi connectivity index (χ0v) is 15.8. The maximum atomic E-state index is 12.0. The van der Waals surface area contributed by atoms with Gasteiger partial charge < -0.3 is 5.32 Å². The molecule has 130 valence electrons. The molecule has 0 saturated heterocycles. The molecule has 0 spiro atoms. The summed E-state index contributed by atoms with van der Waals surface area (Å²) >= 11 is 1.34. The fourth-order valence-electron chi connectivity index (χ4n) is 2.14. The molecule has 1 aromatic carbocycles. The maximum absolute atomic E-state index is 12.0. The second kappa shape index (κ2) is 7.79. The summed E-state index contributed by atoms with van der Waals surface area (Å²) in [6.07, 6.45) is 0.948. The Morgan fingerprint density at radius 1 is 1.29 bits per heavy atom. The van der Waals surface area contributed by atoms with E-state index in [4.69, 9.17) is 0 Å². The van der Waals surface area contributed by atoms with Gasteiger partial charge in [-0.3, -0.25) is 4.79 Å². The number of aryl methyl sites for hydroxylation is 1. The van der Waals surface area contributed by atoms with Crippen LogP contribution in [0.3, 0.4) is 0 Å². The maximum Gasteiger partial charge on any atom is 0.230 e. The van der Waals surface area contributed by atoms with Crippen molar-refractivity contribution in [3.8, 4) is 5.69 Å². The molecule has 2 rings (SSSR count). The highest BCUT2D eigenvalue weighted by Gasteiger charge is 2.14. The van der Waals surface area contributed by atoms with Crippen molar-refractivity contribution in [1.82, 2.24) is 25.5 Å². The SMILES string of the molecule is Cc1cccc(-n2nnnc2SCC(=O)NCCC(C)(C)C)c1C. The van der Waals surface area contributed by atoms with E-state index in [0.29, 0.717) is 17.5 Å². The topological polar surface area (TPSA) is 72.7 Å². The summed E-state index contributed by atoms with van der Waals surface area (Å²) in [4.78, 5) is 12.0. The van der Waals surface area contributed by atoms with Crippen LogP contribution in [0.5, 0.6) is 0 Å². The number of rotatable bonds is 6. The van der Waals surface area contributed by atoms with Gasteiger partial charge in [-0.05, 0) is 53.3 Å². The fraction of sp³-hybridized carbons (Fsp3) is 0.529. The standard InChI is InChI=1S/C17H25N5OS/c1-12-7-6-8-14(13(12)2)22-16(19-20-21-22)24-11-15(23)18-10-9-17(3,4)5/h6-8H,9-11H2,1-5H3,(H,18,23). The molecular formula is C17H25N5OS. The number of tetrazole rings is 1. The smallest absolute Gasteiger partial charge is 0.230 e. The molecule has 24 heavy (non-hydrogen) atoms. The van der Waals surface area contributed by atoms with Gasteiger partial charge in [0, 0.05) is 6.54 Å². The molecule has 0 aliphatic carbocycles. The molecule has 0 unspecified atom stereocenters. The lowest BCUT2D eigenvalue weighted by Gasteiger charge is -2.17. The summed E-state index contributed by atoms with van der Waals surface area (Å²) in [5.74, 6) is 0.301. The van der Waals surface area contributed by atoms with Gasteiger partial charge in [-0.1, -0.05) is 44.7 Å². The van der Waals surface area contributed by atoms with Gasteiger partial charge in [-0.25, -0.2) is 0 Å². The van der Waals surface area contributed by atoms with E-state index in [1.54, 1.807) is 4.68 Å². The molecule has 0 atom stereocenters. The molecule has 0 aliphatic heterocycles. The molecule has 1 N–H and O–H groups in total. The molecular weight excluding hydrogens is 322 g/mol. The van der Waals surface area contributed by atoms with Crippen LogP contribution in [0.25, 0.3) is 5.69 Å². The predicted molar refractivity (Wildman–Crippen MR) is 96.4 cm³/mol. The van der Waals surface area contributed by atoms with Gasteiger partial charge in [0.15, 0.2) is 0 Å². The van der Waals surface area contributed by atoms with Crippen molar-refractivity contribution < 1.29 is 4.79 Å². The third-order valence-corrected chi connectivity index (χ3v) is 4.69. The Labute approximate surface area is 147 Å². The Balaban J connectivity index is 1.97. The minimum absolute atomic E-state index is 0.000218. The van der Waals surface area contributed by atoms with Crippen LogP contribution >= 0.6 is 11.8 Å². The number of hydrogen-bond donors (Lipinski definition) is 1. The number of carbonyl (C=O) groups is 1.